The van der Waals surface area contributed by atoms with E-state index in [0.717, 1.165) is 11.0 Å². The van der Waals surface area contributed by atoms with Crippen LogP contribution in [-0.4, -0.2) is 21.7 Å². The molecular weight excluding hydrogens is 295 g/mol. The Hall–Kier alpha value is -3.02. The molecular formula is C17H15FN4O. The largest absolute Gasteiger partial charge is 0.331 e. The molecule has 0 bridgehead atoms. The molecule has 116 valence electrons. The first-order valence-corrected chi connectivity index (χ1v) is 7.11. The summed E-state index contributed by atoms with van der Waals surface area (Å²) in [4.78, 5) is 16.4. The number of aromatic nitrogens is 2. The summed E-state index contributed by atoms with van der Waals surface area (Å²) < 4.78 is 14.7. The first kappa shape index (κ1) is 14.9. The van der Waals surface area contributed by atoms with Gasteiger partial charge in [0.1, 0.15) is 11.6 Å². The number of carbonyl (C=O) groups is 1. The second kappa shape index (κ2) is 6.39. The van der Waals surface area contributed by atoms with Crippen LogP contribution in [0.5, 0.6) is 0 Å². The van der Waals surface area contributed by atoms with E-state index >= 15 is 0 Å². The van der Waals surface area contributed by atoms with Crippen LogP contribution in [0.25, 0.3) is 11.0 Å². The van der Waals surface area contributed by atoms with Crippen molar-refractivity contribution in [1.29, 1.82) is 0 Å². The zero-order valence-corrected chi connectivity index (χ0v) is 12.5. The molecule has 5 nitrogen and oxygen atoms in total. The molecule has 0 aliphatic carbocycles. The van der Waals surface area contributed by atoms with Gasteiger partial charge < -0.3 is 4.57 Å². The van der Waals surface area contributed by atoms with Gasteiger partial charge in [-0.3, -0.25) is 4.79 Å². The smallest absolute Gasteiger partial charge is 0.247 e. The first-order valence-electron chi connectivity index (χ1n) is 7.11. The number of para-hydroxylation sites is 2. The third-order valence-electron chi connectivity index (χ3n) is 3.47. The van der Waals surface area contributed by atoms with E-state index in [1.165, 1.54) is 18.3 Å². The fraction of sp³-hybridized carbons (Fsp3) is 0.118. The quantitative estimate of drug-likeness (QED) is 0.594. The molecule has 0 unspecified atom stereocenters. The molecule has 0 aliphatic rings. The number of halogens is 1. The third kappa shape index (κ3) is 3.42. The standard InChI is InChI=1S/C17H15FN4O/c1-22-15-5-3-2-4-14(15)20-16(22)10-17(23)21-19-11-12-6-8-13(18)9-7-12/h2-9,11H,10H2,1H3,(H,21,23)/b19-11-. The zero-order valence-electron chi connectivity index (χ0n) is 12.5. The highest BCUT2D eigenvalue weighted by Gasteiger charge is 2.10. The summed E-state index contributed by atoms with van der Waals surface area (Å²) in [5, 5.41) is 3.87. The second-order valence-electron chi connectivity index (χ2n) is 5.10. The van der Waals surface area contributed by atoms with Gasteiger partial charge in [0.15, 0.2) is 0 Å². The van der Waals surface area contributed by atoms with Crippen LogP contribution in [0.4, 0.5) is 4.39 Å². The van der Waals surface area contributed by atoms with E-state index in [-0.39, 0.29) is 18.1 Å². The Morgan fingerprint density at radius 2 is 2.00 bits per heavy atom. The molecule has 1 heterocycles. The Balaban J connectivity index is 1.64. The fourth-order valence-corrected chi connectivity index (χ4v) is 2.26. The number of hydrazone groups is 1. The third-order valence-corrected chi connectivity index (χ3v) is 3.47. The van der Waals surface area contributed by atoms with Crippen LogP contribution < -0.4 is 5.43 Å². The van der Waals surface area contributed by atoms with E-state index in [1.54, 1.807) is 12.1 Å². The lowest BCUT2D eigenvalue weighted by Crippen LogP contribution is -2.21. The Bertz CT molecular complexity index is 868. The average molecular weight is 310 g/mol. The summed E-state index contributed by atoms with van der Waals surface area (Å²) in [6.45, 7) is 0. The predicted octanol–water partition coefficient (Wildman–Crippen LogP) is 2.41. The molecule has 0 saturated carbocycles. The van der Waals surface area contributed by atoms with Crippen LogP contribution in [0.3, 0.4) is 0 Å². The molecule has 1 amide bonds. The summed E-state index contributed by atoms with van der Waals surface area (Å²) in [6, 6.07) is 13.5. The van der Waals surface area contributed by atoms with Gasteiger partial charge in [-0.2, -0.15) is 5.10 Å². The molecule has 0 spiro atoms. The highest BCUT2D eigenvalue weighted by atomic mass is 19.1. The molecule has 0 saturated heterocycles. The van der Waals surface area contributed by atoms with Gasteiger partial charge >= 0.3 is 0 Å². The van der Waals surface area contributed by atoms with Crippen molar-refractivity contribution in [3.05, 3.63) is 65.7 Å². The van der Waals surface area contributed by atoms with Crippen molar-refractivity contribution < 1.29 is 9.18 Å². The van der Waals surface area contributed by atoms with Crippen molar-refractivity contribution >= 4 is 23.2 Å². The molecule has 3 rings (SSSR count). The highest BCUT2D eigenvalue weighted by molar-refractivity contribution is 5.84. The predicted molar refractivity (Wildman–Crippen MR) is 86.6 cm³/mol. The van der Waals surface area contributed by atoms with Gasteiger partial charge in [-0.25, -0.2) is 14.8 Å². The van der Waals surface area contributed by atoms with E-state index in [9.17, 15) is 9.18 Å². The van der Waals surface area contributed by atoms with Crippen LogP contribution in [0.1, 0.15) is 11.4 Å². The van der Waals surface area contributed by atoms with E-state index in [1.807, 2.05) is 35.9 Å². The van der Waals surface area contributed by atoms with E-state index in [2.05, 4.69) is 15.5 Å². The number of imidazole rings is 1. The van der Waals surface area contributed by atoms with E-state index in [4.69, 9.17) is 0 Å². The molecule has 0 fully saturated rings. The average Bonchev–Trinajstić information content (AvgIpc) is 2.86. The Kier molecular flexibility index (Phi) is 4.14. The van der Waals surface area contributed by atoms with Crippen molar-refractivity contribution in [2.75, 3.05) is 0 Å². The number of hydrogen-bond donors (Lipinski definition) is 1. The summed E-state index contributed by atoms with van der Waals surface area (Å²) in [6.07, 6.45) is 1.60. The lowest BCUT2D eigenvalue weighted by molar-refractivity contribution is -0.120. The molecule has 1 aromatic heterocycles. The van der Waals surface area contributed by atoms with Crippen LogP contribution in [0.2, 0.25) is 0 Å². The maximum Gasteiger partial charge on any atom is 0.247 e. The molecule has 0 radical (unpaired) electrons. The van der Waals surface area contributed by atoms with E-state index in [0.29, 0.717) is 11.4 Å². The highest BCUT2D eigenvalue weighted by Crippen LogP contribution is 2.14. The topological polar surface area (TPSA) is 59.3 Å². The molecule has 6 heteroatoms. The number of rotatable bonds is 4. The van der Waals surface area contributed by atoms with Crippen molar-refractivity contribution in [3.8, 4) is 0 Å². The fourth-order valence-electron chi connectivity index (χ4n) is 2.26. The van der Waals surface area contributed by atoms with Crippen LogP contribution in [0.15, 0.2) is 53.6 Å². The summed E-state index contributed by atoms with van der Waals surface area (Å²) in [5.74, 6) is 0.0930. The van der Waals surface area contributed by atoms with Crippen LogP contribution in [0, 0.1) is 5.82 Å². The van der Waals surface area contributed by atoms with Gasteiger partial charge in [0.2, 0.25) is 5.91 Å². The van der Waals surface area contributed by atoms with E-state index < -0.39 is 0 Å². The molecule has 23 heavy (non-hydrogen) atoms. The second-order valence-corrected chi connectivity index (χ2v) is 5.10. The lowest BCUT2D eigenvalue weighted by atomic mass is 10.2. The monoisotopic (exact) mass is 310 g/mol. The van der Waals surface area contributed by atoms with Gasteiger partial charge in [0.25, 0.3) is 0 Å². The lowest BCUT2D eigenvalue weighted by Gasteiger charge is -2.01. The van der Waals surface area contributed by atoms with Gasteiger partial charge in [0, 0.05) is 7.05 Å². The summed E-state index contributed by atoms with van der Waals surface area (Å²) in [7, 11) is 1.87. The molecule has 1 N–H and O–H groups in total. The minimum Gasteiger partial charge on any atom is -0.331 e. The minimum absolute atomic E-state index is 0.131. The van der Waals surface area contributed by atoms with Crippen molar-refractivity contribution in [3.63, 3.8) is 0 Å². The number of nitrogens with one attached hydrogen (secondary N) is 1. The molecule has 0 atom stereocenters. The minimum atomic E-state index is -0.312. The number of fused-ring (bicyclic) bond motifs is 1. The number of carbonyl (C=O) groups excluding carboxylic acids is 1. The number of aryl methyl sites for hydroxylation is 1. The molecule has 2 aromatic carbocycles. The van der Waals surface area contributed by atoms with Gasteiger partial charge in [-0.1, -0.05) is 24.3 Å². The number of benzene rings is 2. The maximum atomic E-state index is 12.8. The zero-order chi connectivity index (χ0) is 16.2. The Morgan fingerprint density at radius 1 is 1.26 bits per heavy atom. The number of nitrogens with zero attached hydrogens (tertiary/aromatic N) is 3. The summed E-state index contributed by atoms with van der Waals surface area (Å²) >= 11 is 0. The maximum absolute atomic E-state index is 12.8. The molecule has 3 aromatic rings. The Morgan fingerprint density at radius 3 is 2.74 bits per heavy atom. The van der Waals surface area contributed by atoms with Gasteiger partial charge in [-0.05, 0) is 29.8 Å². The van der Waals surface area contributed by atoms with Crippen molar-refractivity contribution in [2.24, 2.45) is 12.1 Å². The number of hydrogen-bond acceptors (Lipinski definition) is 3. The van der Waals surface area contributed by atoms with Gasteiger partial charge in [-0.15, -0.1) is 0 Å². The van der Waals surface area contributed by atoms with Gasteiger partial charge in [0.05, 0.1) is 23.7 Å². The first-order chi connectivity index (χ1) is 11.1. The van der Waals surface area contributed by atoms with Crippen molar-refractivity contribution in [2.45, 2.75) is 6.42 Å². The molecule has 0 aliphatic heterocycles. The Labute approximate surface area is 132 Å². The number of amides is 1. The normalized spacial score (nSPS) is 11.2. The van der Waals surface area contributed by atoms with Crippen molar-refractivity contribution in [1.82, 2.24) is 15.0 Å². The summed E-state index contributed by atoms with van der Waals surface area (Å²) in [5.41, 5.74) is 4.98. The van der Waals surface area contributed by atoms with Crippen LogP contribution >= 0.6 is 0 Å². The SMILES string of the molecule is Cn1c(CC(=O)N/N=C\c2ccc(F)cc2)nc2ccccc21. The van der Waals surface area contributed by atoms with Crippen LogP contribution in [-0.2, 0) is 18.3 Å².